The maximum absolute atomic E-state index is 10.4. The molecule has 0 bridgehead atoms. The van der Waals surface area contributed by atoms with Gasteiger partial charge in [0.1, 0.15) is 6.61 Å². The minimum atomic E-state index is -1.08. The summed E-state index contributed by atoms with van der Waals surface area (Å²) in [6, 6.07) is 20.0. The summed E-state index contributed by atoms with van der Waals surface area (Å²) in [6.45, 7) is 6.10. The molecule has 0 fully saturated rings. The second kappa shape index (κ2) is 15.9. The van der Waals surface area contributed by atoms with Crippen LogP contribution < -0.4 is 5.90 Å². The van der Waals surface area contributed by atoms with Gasteiger partial charge in [0.05, 0.1) is 6.61 Å². The first-order valence-electron chi connectivity index (χ1n) is 9.11. The van der Waals surface area contributed by atoms with Crippen molar-refractivity contribution < 1.29 is 19.6 Å². The maximum Gasteiger partial charge on any atom is 0.353 e. The number of halogens is 1. The Hall–Kier alpha value is -2.93. The van der Waals surface area contributed by atoms with Gasteiger partial charge in [-0.3, -0.25) is 0 Å². The number of carbonyl (C=O) groups is 1. The molecule has 0 unspecified atom stereocenters. The largest absolute Gasteiger partial charge is 0.477 e. The lowest BCUT2D eigenvalue weighted by Crippen LogP contribution is -2.08. The van der Waals surface area contributed by atoms with Crippen LogP contribution in [0.1, 0.15) is 31.9 Å². The summed E-state index contributed by atoms with van der Waals surface area (Å²) in [5.74, 6) is 3.84. The minimum absolute atomic E-state index is 0. The number of nitrogens with two attached hydrogens (primary N) is 1. The molecule has 0 atom stereocenters. The van der Waals surface area contributed by atoms with Gasteiger partial charge in [-0.15, -0.1) is 12.4 Å². The lowest BCUT2D eigenvalue weighted by Gasteiger charge is -2.01. The molecule has 30 heavy (non-hydrogen) atoms. The van der Waals surface area contributed by atoms with Gasteiger partial charge < -0.3 is 14.8 Å². The lowest BCUT2D eigenvalue weighted by atomic mass is 10.1. The van der Waals surface area contributed by atoms with Crippen LogP contribution in [0.2, 0.25) is 0 Å². The average molecular weight is 433 g/mol. The first-order chi connectivity index (χ1) is 14.0. The summed E-state index contributed by atoms with van der Waals surface area (Å²) in [5, 5.41) is 12.0. The molecule has 3 N–H and O–H groups in total. The van der Waals surface area contributed by atoms with E-state index in [4.69, 9.17) is 15.8 Å². The first-order valence-corrected chi connectivity index (χ1v) is 9.11. The Morgan fingerprint density at radius 1 is 0.900 bits per heavy atom. The molecule has 0 aliphatic heterocycles. The van der Waals surface area contributed by atoms with Crippen molar-refractivity contribution in [3.8, 4) is 0 Å². The number of hydrogen-bond acceptors (Lipinski definition) is 5. The van der Waals surface area contributed by atoms with Crippen molar-refractivity contribution in [2.75, 3.05) is 13.2 Å². The van der Waals surface area contributed by atoms with Crippen LogP contribution in [0.3, 0.4) is 0 Å². The van der Waals surface area contributed by atoms with Crippen LogP contribution in [0.5, 0.6) is 0 Å². The van der Waals surface area contributed by atoms with Crippen molar-refractivity contribution >= 4 is 35.2 Å². The van der Waals surface area contributed by atoms with E-state index in [9.17, 15) is 4.79 Å². The van der Waals surface area contributed by atoms with E-state index >= 15 is 0 Å². The van der Waals surface area contributed by atoms with Crippen molar-refractivity contribution in [1.29, 1.82) is 0 Å². The normalized spacial score (nSPS) is 11.7. The Morgan fingerprint density at radius 3 is 1.73 bits per heavy atom. The third-order valence-electron chi connectivity index (χ3n) is 3.92. The molecule has 6 nitrogen and oxygen atoms in total. The number of carboxylic acid groups (broad SMARTS) is 1. The zero-order valence-corrected chi connectivity index (χ0v) is 18.3. The third-order valence-corrected chi connectivity index (χ3v) is 3.92. The Morgan fingerprint density at radius 2 is 1.33 bits per heavy atom. The third kappa shape index (κ3) is 11.2. The van der Waals surface area contributed by atoms with Gasteiger partial charge in [0.25, 0.3) is 0 Å². The van der Waals surface area contributed by atoms with E-state index in [0.717, 1.165) is 11.1 Å². The predicted molar refractivity (Wildman–Crippen MR) is 124 cm³/mol. The zero-order valence-electron chi connectivity index (χ0n) is 17.4. The fraction of sp³-hybridized carbons (Fsp3) is 0.217. The van der Waals surface area contributed by atoms with Gasteiger partial charge in [-0.2, -0.15) is 0 Å². The number of nitrogens with zero attached hydrogens (tertiary/aromatic N) is 1. The molecule has 2 rings (SSSR count). The molecule has 0 heterocycles. The fourth-order valence-corrected chi connectivity index (χ4v) is 2.15. The van der Waals surface area contributed by atoms with Crippen LogP contribution in [0.25, 0.3) is 11.1 Å². The highest BCUT2D eigenvalue weighted by atomic mass is 35.5. The van der Waals surface area contributed by atoms with E-state index in [0.29, 0.717) is 6.61 Å². The van der Waals surface area contributed by atoms with Crippen molar-refractivity contribution in [1.82, 2.24) is 0 Å². The summed E-state index contributed by atoms with van der Waals surface area (Å²) in [7, 11) is 0. The summed E-state index contributed by atoms with van der Waals surface area (Å²) in [5.41, 5.74) is 4.50. The van der Waals surface area contributed by atoms with Crippen LogP contribution in [0.4, 0.5) is 0 Å². The molecule has 7 heteroatoms. The smallest absolute Gasteiger partial charge is 0.353 e. The van der Waals surface area contributed by atoms with E-state index in [1.165, 1.54) is 18.1 Å². The highest BCUT2D eigenvalue weighted by molar-refractivity contribution is 6.34. The number of oxime groups is 1. The van der Waals surface area contributed by atoms with E-state index in [1.807, 2.05) is 74.5 Å². The van der Waals surface area contributed by atoms with E-state index in [2.05, 4.69) is 22.1 Å². The van der Waals surface area contributed by atoms with Crippen molar-refractivity contribution in [2.24, 2.45) is 11.1 Å². The lowest BCUT2D eigenvalue weighted by molar-refractivity contribution is -0.129. The Kier molecular flexibility index (Phi) is 14.4. The Labute approximate surface area is 184 Å². The summed E-state index contributed by atoms with van der Waals surface area (Å²) in [4.78, 5) is 19.8. The predicted octanol–water partition coefficient (Wildman–Crippen LogP) is 4.97. The second-order valence-electron chi connectivity index (χ2n) is 6.12. The molecule has 2 aromatic rings. The summed E-state index contributed by atoms with van der Waals surface area (Å²) < 4.78 is 0. The second-order valence-corrected chi connectivity index (χ2v) is 6.12. The molecule has 2 aromatic carbocycles. The monoisotopic (exact) mass is 432 g/mol. The van der Waals surface area contributed by atoms with E-state index < -0.39 is 5.97 Å². The van der Waals surface area contributed by atoms with Gasteiger partial charge in [-0.1, -0.05) is 71.9 Å². The number of benzene rings is 2. The standard InChI is InChI=1S/C13H15NO3.C10H13NO.ClH/c1-10(12-6-4-3-5-7-12)8-9-17-14-11(2)13(15)16;1-9(7-8-12-11)10-5-3-2-4-6-10;/h3-8H,9H2,1-2H3,(H,15,16);2-7H,8,11H2,1H3;1H/b10-8+,14-11-;9-7+;. The van der Waals surface area contributed by atoms with Gasteiger partial charge >= 0.3 is 5.97 Å². The SMILES string of the molecule is C/C(=C\CON)c1ccccc1.C/C(=N/OC/C=C(\C)c1ccccc1)C(=O)O.Cl. The van der Waals surface area contributed by atoms with Crippen LogP contribution in [0, 0.1) is 0 Å². The van der Waals surface area contributed by atoms with Crippen LogP contribution in [0.15, 0.2) is 78.0 Å². The number of carboxylic acids is 1. The number of allylic oxidation sites excluding steroid dienone is 2. The number of hydrogen-bond donors (Lipinski definition) is 2. The summed E-state index contributed by atoms with van der Waals surface area (Å²) >= 11 is 0. The Balaban J connectivity index is 0.000000573. The topological polar surface area (TPSA) is 94.1 Å². The van der Waals surface area contributed by atoms with Crippen LogP contribution in [-0.4, -0.2) is 30.0 Å². The molecular weight excluding hydrogens is 404 g/mol. The van der Waals surface area contributed by atoms with Gasteiger partial charge in [-0.05, 0) is 49.1 Å². The molecule has 0 spiro atoms. The van der Waals surface area contributed by atoms with E-state index in [-0.39, 0.29) is 24.7 Å². The minimum Gasteiger partial charge on any atom is -0.477 e. The average Bonchev–Trinajstić information content (AvgIpc) is 2.76. The quantitative estimate of drug-likeness (QED) is 0.349. The number of aliphatic carboxylic acids is 1. The molecular formula is C23H29ClN2O4. The first kappa shape index (κ1) is 27.1. The van der Waals surface area contributed by atoms with Crippen molar-refractivity contribution in [3.05, 3.63) is 83.9 Å². The zero-order chi connectivity index (χ0) is 21.5. The van der Waals surface area contributed by atoms with Gasteiger partial charge in [0.2, 0.25) is 0 Å². The maximum atomic E-state index is 10.4. The molecule has 0 aliphatic carbocycles. The van der Waals surface area contributed by atoms with Crippen molar-refractivity contribution in [2.45, 2.75) is 20.8 Å². The molecule has 162 valence electrons. The van der Waals surface area contributed by atoms with Crippen LogP contribution >= 0.6 is 12.4 Å². The van der Waals surface area contributed by atoms with Crippen LogP contribution in [-0.2, 0) is 14.5 Å². The Bertz CT molecular complexity index is 835. The fourth-order valence-electron chi connectivity index (χ4n) is 2.15. The van der Waals surface area contributed by atoms with E-state index in [1.54, 1.807) is 0 Å². The van der Waals surface area contributed by atoms with Gasteiger partial charge in [-0.25, -0.2) is 10.7 Å². The molecule has 0 saturated carbocycles. The molecule has 0 aliphatic rings. The van der Waals surface area contributed by atoms with Gasteiger partial charge in [0, 0.05) is 0 Å². The molecule has 0 aromatic heterocycles. The summed E-state index contributed by atoms with van der Waals surface area (Å²) in [6.07, 6.45) is 3.81. The molecule has 0 radical (unpaired) electrons. The van der Waals surface area contributed by atoms with Gasteiger partial charge in [0.15, 0.2) is 5.71 Å². The highest BCUT2D eigenvalue weighted by Crippen LogP contribution is 2.12. The number of rotatable bonds is 8. The highest BCUT2D eigenvalue weighted by Gasteiger charge is 2.01. The molecule has 0 amide bonds. The molecule has 0 saturated heterocycles. The van der Waals surface area contributed by atoms with Crippen molar-refractivity contribution in [3.63, 3.8) is 0 Å².